The molecule has 2 aliphatic rings. The van der Waals surface area contributed by atoms with Crippen LogP contribution in [-0.4, -0.2) is 29.6 Å². The van der Waals surface area contributed by atoms with Gasteiger partial charge in [-0.15, -0.1) is 12.4 Å². The molecule has 1 saturated carbocycles. The van der Waals surface area contributed by atoms with Gasteiger partial charge in [0.05, 0.1) is 18.8 Å². The first-order valence-electron chi connectivity index (χ1n) is 5.22. The van der Waals surface area contributed by atoms with E-state index in [1.165, 1.54) is 19.3 Å². The highest BCUT2D eigenvalue weighted by molar-refractivity contribution is 5.85. The SMILES string of the molecule is CC1(CO)COC2(CCCCC2)N1.Cl. The van der Waals surface area contributed by atoms with Crippen molar-refractivity contribution < 1.29 is 9.84 Å². The molecular weight excluding hydrogens is 202 g/mol. The molecule has 0 bridgehead atoms. The summed E-state index contributed by atoms with van der Waals surface area (Å²) >= 11 is 0. The van der Waals surface area contributed by atoms with Crippen molar-refractivity contribution in [3.05, 3.63) is 0 Å². The molecule has 1 unspecified atom stereocenters. The molecule has 3 nitrogen and oxygen atoms in total. The molecule has 0 aromatic carbocycles. The number of nitrogens with one attached hydrogen (secondary N) is 1. The van der Waals surface area contributed by atoms with Crippen LogP contribution in [0.25, 0.3) is 0 Å². The van der Waals surface area contributed by atoms with Gasteiger partial charge in [-0.05, 0) is 32.6 Å². The lowest BCUT2D eigenvalue weighted by Crippen LogP contribution is -2.52. The lowest BCUT2D eigenvalue weighted by atomic mass is 9.91. The Balaban J connectivity index is 0.000000980. The average molecular weight is 222 g/mol. The van der Waals surface area contributed by atoms with E-state index in [0.29, 0.717) is 6.61 Å². The maximum Gasteiger partial charge on any atom is 0.119 e. The van der Waals surface area contributed by atoms with Gasteiger partial charge in [-0.25, -0.2) is 0 Å². The van der Waals surface area contributed by atoms with Crippen LogP contribution < -0.4 is 5.32 Å². The minimum Gasteiger partial charge on any atom is -0.394 e. The van der Waals surface area contributed by atoms with Gasteiger partial charge >= 0.3 is 0 Å². The molecule has 84 valence electrons. The summed E-state index contributed by atoms with van der Waals surface area (Å²) < 4.78 is 5.82. The Hall–Kier alpha value is 0.170. The highest BCUT2D eigenvalue weighted by atomic mass is 35.5. The second-order valence-corrected chi connectivity index (χ2v) is 4.69. The molecular formula is C10H20ClNO2. The van der Waals surface area contributed by atoms with Gasteiger partial charge in [-0.2, -0.15) is 0 Å². The Morgan fingerprint density at radius 1 is 1.29 bits per heavy atom. The number of rotatable bonds is 1. The van der Waals surface area contributed by atoms with Crippen molar-refractivity contribution in [2.45, 2.75) is 50.3 Å². The molecule has 0 aromatic heterocycles. The third kappa shape index (κ3) is 2.22. The summed E-state index contributed by atoms with van der Waals surface area (Å²) in [4.78, 5) is 0. The fraction of sp³-hybridized carbons (Fsp3) is 1.00. The number of aliphatic hydroxyl groups is 1. The lowest BCUT2D eigenvalue weighted by Gasteiger charge is -2.34. The largest absolute Gasteiger partial charge is 0.394 e. The van der Waals surface area contributed by atoms with Gasteiger partial charge in [0.15, 0.2) is 0 Å². The van der Waals surface area contributed by atoms with Crippen molar-refractivity contribution in [3.8, 4) is 0 Å². The van der Waals surface area contributed by atoms with E-state index in [0.717, 1.165) is 12.8 Å². The Morgan fingerprint density at radius 3 is 2.43 bits per heavy atom. The van der Waals surface area contributed by atoms with Crippen LogP contribution in [0.3, 0.4) is 0 Å². The molecule has 2 rings (SSSR count). The summed E-state index contributed by atoms with van der Waals surface area (Å²) in [5, 5.41) is 12.7. The van der Waals surface area contributed by atoms with Gasteiger partial charge in [0.2, 0.25) is 0 Å². The summed E-state index contributed by atoms with van der Waals surface area (Å²) in [6.45, 7) is 2.83. The molecule has 1 spiro atoms. The van der Waals surface area contributed by atoms with E-state index in [-0.39, 0.29) is 30.3 Å². The fourth-order valence-electron chi connectivity index (χ4n) is 2.40. The molecule has 2 fully saturated rings. The highest BCUT2D eigenvalue weighted by Crippen LogP contribution is 2.35. The van der Waals surface area contributed by atoms with Crippen molar-refractivity contribution in [3.63, 3.8) is 0 Å². The zero-order valence-corrected chi connectivity index (χ0v) is 9.53. The van der Waals surface area contributed by atoms with Crippen LogP contribution in [0.4, 0.5) is 0 Å². The van der Waals surface area contributed by atoms with Gasteiger partial charge in [-0.3, -0.25) is 5.32 Å². The van der Waals surface area contributed by atoms with Gasteiger partial charge in [-0.1, -0.05) is 6.42 Å². The smallest absolute Gasteiger partial charge is 0.119 e. The normalized spacial score (nSPS) is 35.6. The molecule has 1 aliphatic carbocycles. The third-order valence-electron chi connectivity index (χ3n) is 3.21. The third-order valence-corrected chi connectivity index (χ3v) is 3.21. The maximum absolute atomic E-state index is 9.20. The molecule has 4 heteroatoms. The van der Waals surface area contributed by atoms with Gasteiger partial charge in [0.25, 0.3) is 0 Å². The number of aliphatic hydroxyl groups excluding tert-OH is 1. The zero-order chi connectivity index (χ0) is 9.36. The predicted molar refractivity (Wildman–Crippen MR) is 57.6 cm³/mol. The van der Waals surface area contributed by atoms with E-state index in [1.54, 1.807) is 0 Å². The summed E-state index contributed by atoms with van der Waals surface area (Å²) in [6, 6.07) is 0. The van der Waals surface area contributed by atoms with Crippen LogP contribution in [0.15, 0.2) is 0 Å². The van der Waals surface area contributed by atoms with Gasteiger partial charge in [0.1, 0.15) is 5.72 Å². The number of hydrogen-bond acceptors (Lipinski definition) is 3. The number of halogens is 1. The van der Waals surface area contributed by atoms with Crippen LogP contribution >= 0.6 is 12.4 Å². The Bertz CT molecular complexity index is 195. The minimum absolute atomic E-state index is 0. The van der Waals surface area contributed by atoms with Crippen LogP contribution in [-0.2, 0) is 4.74 Å². The van der Waals surface area contributed by atoms with E-state index >= 15 is 0 Å². The fourth-order valence-corrected chi connectivity index (χ4v) is 2.40. The van der Waals surface area contributed by atoms with Crippen molar-refractivity contribution in [1.29, 1.82) is 0 Å². The summed E-state index contributed by atoms with van der Waals surface area (Å²) in [6.07, 6.45) is 6.01. The summed E-state index contributed by atoms with van der Waals surface area (Å²) in [7, 11) is 0. The van der Waals surface area contributed by atoms with Crippen LogP contribution in [0.1, 0.15) is 39.0 Å². The van der Waals surface area contributed by atoms with Gasteiger partial charge < -0.3 is 9.84 Å². The Morgan fingerprint density at radius 2 is 1.93 bits per heavy atom. The molecule has 14 heavy (non-hydrogen) atoms. The molecule has 1 saturated heterocycles. The highest BCUT2D eigenvalue weighted by Gasteiger charge is 2.45. The van der Waals surface area contributed by atoms with Crippen molar-refractivity contribution in [2.75, 3.05) is 13.2 Å². The Kier molecular flexibility index (Phi) is 3.81. The number of ether oxygens (including phenoxy) is 1. The van der Waals surface area contributed by atoms with Crippen molar-refractivity contribution in [2.24, 2.45) is 0 Å². The second-order valence-electron chi connectivity index (χ2n) is 4.69. The molecule has 2 N–H and O–H groups in total. The number of hydrogen-bond donors (Lipinski definition) is 2. The summed E-state index contributed by atoms with van der Waals surface area (Å²) in [5.74, 6) is 0. The first-order valence-corrected chi connectivity index (χ1v) is 5.22. The molecule has 0 amide bonds. The average Bonchev–Trinajstić information content (AvgIpc) is 2.47. The van der Waals surface area contributed by atoms with Crippen LogP contribution in [0, 0.1) is 0 Å². The second kappa shape index (κ2) is 4.35. The molecule has 0 radical (unpaired) electrons. The minimum atomic E-state index is -0.211. The van der Waals surface area contributed by atoms with E-state index in [4.69, 9.17) is 4.74 Å². The maximum atomic E-state index is 9.20. The van der Waals surface area contributed by atoms with Crippen LogP contribution in [0.5, 0.6) is 0 Å². The lowest BCUT2D eigenvalue weighted by molar-refractivity contribution is -0.0384. The molecule has 1 atom stereocenters. The first-order chi connectivity index (χ1) is 6.18. The summed E-state index contributed by atoms with van der Waals surface area (Å²) in [5.41, 5.74) is -0.312. The van der Waals surface area contributed by atoms with E-state index in [1.807, 2.05) is 6.92 Å². The monoisotopic (exact) mass is 221 g/mol. The molecule has 0 aromatic rings. The van der Waals surface area contributed by atoms with Crippen LogP contribution in [0.2, 0.25) is 0 Å². The first kappa shape index (κ1) is 12.2. The topological polar surface area (TPSA) is 41.5 Å². The standard InChI is InChI=1S/C10H19NO2.ClH/c1-9(7-12)8-13-10(11-9)5-3-2-4-6-10;/h11-12H,2-8H2,1H3;1H. The van der Waals surface area contributed by atoms with E-state index < -0.39 is 0 Å². The van der Waals surface area contributed by atoms with Crippen molar-refractivity contribution in [1.82, 2.24) is 5.32 Å². The van der Waals surface area contributed by atoms with E-state index in [2.05, 4.69) is 5.32 Å². The molecule has 1 heterocycles. The molecule has 1 aliphatic heterocycles. The zero-order valence-electron chi connectivity index (χ0n) is 8.71. The van der Waals surface area contributed by atoms with Gasteiger partial charge in [0, 0.05) is 0 Å². The van der Waals surface area contributed by atoms with E-state index in [9.17, 15) is 5.11 Å². The van der Waals surface area contributed by atoms with Crippen molar-refractivity contribution >= 4 is 12.4 Å². The predicted octanol–water partition coefficient (Wildman–Crippen LogP) is 1.44. The quantitative estimate of drug-likeness (QED) is 0.704. The Labute approximate surface area is 91.6 Å².